The van der Waals surface area contributed by atoms with Crippen LogP contribution in [0.3, 0.4) is 0 Å². The van der Waals surface area contributed by atoms with Crippen molar-refractivity contribution in [3.8, 4) is 6.07 Å². The van der Waals surface area contributed by atoms with Crippen LogP contribution in [0.2, 0.25) is 0 Å². The highest BCUT2D eigenvalue weighted by molar-refractivity contribution is 7.90. The minimum absolute atomic E-state index is 0.206. The Morgan fingerprint density at radius 1 is 1.27 bits per heavy atom. The molecule has 4 unspecified atom stereocenters. The van der Waals surface area contributed by atoms with Crippen LogP contribution in [-0.2, 0) is 30.5 Å². The fourth-order valence-electron chi connectivity index (χ4n) is 5.30. The number of carbonyl (C=O) groups excluding carboxylic acids is 2. The Morgan fingerprint density at radius 3 is 2.48 bits per heavy atom. The average molecular weight is 483 g/mol. The van der Waals surface area contributed by atoms with E-state index in [-0.39, 0.29) is 17.9 Å². The number of alkyl halides is 3. The zero-order valence-corrected chi connectivity index (χ0v) is 18.7. The van der Waals surface area contributed by atoms with Crippen LogP contribution in [0.5, 0.6) is 0 Å². The molecule has 2 bridgehead atoms. The lowest BCUT2D eigenvalue weighted by Crippen LogP contribution is -2.46. The fourth-order valence-corrected chi connectivity index (χ4v) is 5.79. The number of nitrogens with zero attached hydrogens (tertiary/aromatic N) is 3. The van der Waals surface area contributed by atoms with Crippen molar-refractivity contribution in [2.75, 3.05) is 10.7 Å². The van der Waals surface area contributed by atoms with Gasteiger partial charge in [-0.05, 0) is 45.4 Å². The highest BCUT2D eigenvalue weighted by Crippen LogP contribution is 2.63. The van der Waals surface area contributed by atoms with Gasteiger partial charge in [-0.3, -0.25) is 9.59 Å². The smallest absolute Gasteiger partial charge is 0.367 e. The third kappa shape index (κ3) is 3.36. The molecule has 3 heterocycles. The molecule has 2 amide bonds. The van der Waals surface area contributed by atoms with Gasteiger partial charge < -0.3 is 4.74 Å². The second-order valence-corrected chi connectivity index (χ2v) is 10.8. The third-order valence-electron chi connectivity index (χ3n) is 6.85. The summed E-state index contributed by atoms with van der Waals surface area (Å²) in [6.07, 6.45) is -3.40. The molecule has 0 aliphatic carbocycles. The van der Waals surface area contributed by atoms with Crippen molar-refractivity contribution in [2.45, 2.75) is 44.6 Å². The quantitative estimate of drug-likeness (QED) is 0.480. The first-order valence-electron chi connectivity index (χ1n) is 10.2. The van der Waals surface area contributed by atoms with Crippen molar-refractivity contribution in [1.82, 2.24) is 0 Å². The molecule has 0 radical (unpaired) electrons. The Bertz CT molecular complexity index is 1240. The normalized spacial score (nSPS) is 33.7. The van der Waals surface area contributed by atoms with Gasteiger partial charge in [0.15, 0.2) is 0 Å². The van der Waals surface area contributed by atoms with E-state index >= 15 is 0 Å². The maximum atomic E-state index is 13.4. The molecule has 176 valence electrons. The fraction of sp³-hybridized carbons (Fsp3) is 0.524. The number of imide groups is 1. The van der Waals surface area contributed by atoms with Gasteiger partial charge in [0.25, 0.3) is 10.0 Å². The number of sulfonamides is 1. The molecule has 0 saturated carbocycles. The summed E-state index contributed by atoms with van der Waals surface area (Å²) in [4.78, 5) is 27.4. The SMILES string of the molecule is CCS(=O)(=O)N=C[C@@H]1CC2(C)OC1(C)C1C(=O)N(c3ccc(C#N)c(C(F)(F)F)c3)C(=O)C12. The summed E-state index contributed by atoms with van der Waals surface area (Å²) in [5.41, 5.74) is -4.52. The van der Waals surface area contributed by atoms with Crippen LogP contribution in [0.1, 0.15) is 38.3 Å². The number of rotatable bonds is 4. The summed E-state index contributed by atoms with van der Waals surface area (Å²) in [6, 6.07) is 4.14. The van der Waals surface area contributed by atoms with Gasteiger partial charge in [-0.2, -0.15) is 22.8 Å². The van der Waals surface area contributed by atoms with E-state index in [1.807, 2.05) is 0 Å². The van der Waals surface area contributed by atoms with Crippen molar-refractivity contribution in [3.05, 3.63) is 29.3 Å². The summed E-state index contributed by atoms with van der Waals surface area (Å²) < 4.78 is 73.6. The lowest BCUT2D eigenvalue weighted by atomic mass is 9.64. The number of hydrogen-bond donors (Lipinski definition) is 0. The van der Waals surface area contributed by atoms with Crippen molar-refractivity contribution in [3.63, 3.8) is 0 Å². The maximum absolute atomic E-state index is 13.4. The molecular formula is C21H20F3N3O5S. The molecule has 33 heavy (non-hydrogen) atoms. The van der Waals surface area contributed by atoms with E-state index in [9.17, 15) is 31.2 Å². The monoisotopic (exact) mass is 483 g/mol. The zero-order valence-electron chi connectivity index (χ0n) is 17.9. The van der Waals surface area contributed by atoms with Crippen LogP contribution in [0, 0.1) is 29.1 Å². The van der Waals surface area contributed by atoms with Crippen LogP contribution < -0.4 is 4.90 Å². The minimum atomic E-state index is -4.85. The van der Waals surface area contributed by atoms with Gasteiger partial charge in [-0.1, -0.05) is 0 Å². The van der Waals surface area contributed by atoms with Gasteiger partial charge in [0.05, 0.1) is 51.7 Å². The molecule has 5 atom stereocenters. The number of hydrogen-bond acceptors (Lipinski definition) is 6. The van der Waals surface area contributed by atoms with E-state index in [0.29, 0.717) is 11.0 Å². The first-order chi connectivity index (χ1) is 15.2. The minimum Gasteiger partial charge on any atom is -0.367 e. The van der Waals surface area contributed by atoms with Crippen molar-refractivity contribution >= 4 is 33.7 Å². The Hall–Kier alpha value is -2.78. The van der Waals surface area contributed by atoms with Gasteiger partial charge in [0.2, 0.25) is 11.8 Å². The van der Waals surface area contributed by atoms with E-state index in [1.165, 1.54) is 19.2 Å². The molecule has 3 fully saturated rings. The highest BCUT2D eigenvalue weighted by Gasteiger charge is 2.75. The van der Waals surface area contributed by atoms with Gasteiger partial charge in [0.1, 0.15) is 0 Å². The first kappa shape index (κ1) is 23.4. The number of benzene rings is 1. The van der Waals surface area contributed by atoms with E-state index < -0.39 is 68.1 Å². The summed E-state index contributed by atoms with van der Waals surface area (Å²) in [5, 5.41) is 9.00. The molecule has 0 spiro atoms. The Morgan fingerprint density at radius 2 is 1.91 bits per heavy atom. The lowest BCUT2D eigenvalue weighted by molar-refractivity contribution is -0.138. The van der Waals surface area contributed by atoms with Crippen LogP contribution in [-0.4, -0.2) is 43.4 Å². The van der Waals surface area contributed by atoms with Gasteiger partial charge in [-0.15, -0.1) is 0 Å². The van der Waals surface area contributed by atoms with Gasteiger partial charge >= 0.3 is 6.18 Å². The number of carbonyl (C=O) groups is 2. The van der Waals surface area contributed by atoms with Crippen molar-refractivity contribution < 1.29 is 35.9 Å². The molecule has 1 aromatic carbocycles. The van der Waals surface area contributed by atoms with Crippen LogP contribution in [0.15, 0.2) is 22.6 Å². The highest BCUT2D eigenvalue weighted by atomic mass is 32.2. The van der Waals surface area contributed by atoms with Crippen molar-refractivity contribution in [1.29, 1.82) is 5.26 Å². The third-order valence-corrected chi connectivity index (χ3v) is 8.02. The standard InChI is InChI=1S/C21H20F3N3O5S/c1-4-33(30,31)26-10-12-8-19(2)15-16(20(12,3)32-19)18(29)27(17(15)28)13-6-5-11(9-25)14(7-13)21(22,23)24/h5-7,10,12,15-16H,4,8H2,1-3H3/t12-,15?,16?,19?,20?/m0/s1. The van der Waals surface area contributed by atoms with Crippen LogP contribution >= 0.6 is 0 Å². The molecular weight excluding hydrogens is 463 g/mol. The zero-order chi connectivity index (χ0) is 24.6. The molecule has 3 aliphatic heterocycles. The van der Waals surface area contributed by atoms with Gasteiger partial charge in [-0.25, -0.2) is 13.3 Å². The summed E-state index contributed by atoms with van der Waals surface area (Å²) in [6.45, 7) is 4.66. The predicted molar refractivity (Wildman–Crippen MR) is 110 cm³/mol. The number of anilines is 1. The molecule has 8 nitrogen and oxygen atoms in total. The van der Waals surface area contributed by atoms with E-state index in [1.54, 1.807) is 13.8 Å². The molecule has 4 rings (SSSR count). The van der Waals surface area contributed by atoms with Crippen LogP contribution in [0.4, 0.5) is 18.9 Å². The summed E-state index contributed by atoms with van der Waals surface area (Å²) in [5.74, 6) is -4.17. The first-order valence-corrected chi connectivity index (χ1v) is 11.8. The maximum Gasteiger partial charge on any atom is 0.417 e. The topological polar surface area (TPSA) is 117 Å². The molecule has 3 aliphatic rings. The van der Waals surface area contributed by atoms with Gasteiger partial charge in [0, 0.05) is 12.1 Å². The number of nitriles is 1. The van der Waals surface area contributed by atoms with Crippen LogP contribution in [0.25, 0.3) is 0 Å². The summed E-state index contributed by atoms with van der Waals surface area (Å²) >= 11 is 0. The second-order valence-electron chi connectivity index (χ2n) is 8.84. The molecule has 3 saturated heterocycles. The predicted octanol–water partition coefficient (Wildman–Crippen LogP) is 2.67. The van der Waals surface area contributed by atoms with E-state index in [2.05, 4.69) is 4.40 Å². The van der Waals surface area contributed by atoms with E-state index in [0.717, 1.165) is 12.1 Å². The second kappa shape index (κ2) is 7.11. The summed E-state index contributed by atoms with van der Waals surface area (Å²) in [7, 11) is -3.68. The van der Waals surface area contributed by atoms with E-state index in [4.69, 9.17) is 10.00 Å². The number of fused-ring (bicyclic) bond motifs is 5. The Labute approximate surface area is 188 Å². The average Bonchev–Trinajstić information content (AvgIpc) is 3.26. The van der Waals surface area contributed by atoms with Crippen molar-refractivity contribution in [2.24, 2.45) is 22.2 Å². The molecule has 0 N–H and O–H groups in total. The molecule has 12 heteroatoms. The Balaban J connectivity index is 1.75. The number of halogens is 3. The number of ether oxygens (including phenoxy) is 1. The largest absolute Gasteiger partial charge is 0.417 e. The number of amides is 2. The lowest BCUT2D eigenvalue weighted by Gasteiger charge is -2.33. The molecule has 0 aromatic heterocycles. The Kier molecular flexibility index (Phi) is 5.04. The molecule has 1 aromatic rings.